The molecule has 0 fully saturated rings. The van der Waals surface area contributed by atoms with Crippen molar-refractivity contribution < 1.29 is 35.4 Å². The fourth-order valence-electron chi connectivity index (χ4n) is 1.51. The summed E-state index contributed by atoms with van der Waals surface area (Å²) in [6.45, 7) is -0.849. The lowest BCUT2D eigenvalue weighted by atomic mass is 10.0. The minimum atomic E-state index is -2.07. The minimum absolute atomic E-state index is 0.0671. The number of amides is 1. The van der Waals surface area contributed by atoms with Gasteiger partial charge < -0.3 is 30.6 Å². The molecule has 7 N–H and O–H groups in total. The number of carbonyl (C=O) groups excluding carboxylic acids is 1. The lowest BCUT2D eigenvalue weighted by Gasteiger charge is -2.24. The molecule has 0 aliphatic rings. The van der Waals surface area contributed by atoms with Gasteiger partial charge in [0.1, 0.15) is 24.1 Å². The third-order valence-electron chi connectivity index (χ3n) is 2.84. The third kappa shape index (κ3) is 4.76. The maximum Gasteiger partial charge on any atom is 0.271 e. The first-order valence-corrected chi connectivity index (χ1v) is 6.32. The second-order valence-electron chi connectivity index (χ2n) is 4.47. The van der Waals surface area contributed by atoms with E-state index in [1.807, 2.05) is 5.43 Å². The first kappa shape index (κ1) is 18.0. The van der Waals surface area contributed by atoms with Gasteiger partial charge in [-0.3, -0.25) is 4.79 Å². The zero-order chi connectivity index (χ0) is 16.7. The number of hydrogen-bond acceptors (Lipinski definition) is 8. The van der Waals surface area contributed by atoms with Gasteiger partial charge in [-0.05, 0) is 12.1 Å². The number of hydrazone groups is 1. The molecule has 0 aromatic heterocycles. The van der Waals surface area contributed by atoms with Gasteiger partial charge in [-0.15, -0.1) is 0 Å². The zero-order valence-corrected chi connectivity index (χ0v) is 11.4. The molecule has 122 valence electrons. The summed E-state index contributed by atoms with van der Waals surface area (Å²) in [4.78, 5) is 11.5. The number of nitrogens with zero attached hydrogens (tertiary/aromatic N) is 1. The largest absolute Gasteiger partial charge is 0.507 e. The van der Waals surface area contributed by atoms with Gasteiger partial charge in [-0.2, -0.15) is 5.10 Å². The van der Waals surface area contributed by atoms with Crippen LogP contribution in [0, 0.1) is 0 Å². The van der Waals surface area contributed by atoms with Gasteiger partial charge in [0.2, 0.25) is 0 Å². The molecule has 1 amide bonds. The monoisotopic (exact) mass is 314 g/mol. The van der Waals surface area contributed by atoms with Crippen LogP contribution in [-0.4, -0.2) is 73.8 Å². The van der Waals surface area contributed by atoms with Crippen LogP contribution in [0.4, 0.5) is 0 Å². The van der Waals surface area contributed by atoms with Gasteiger partial charge in [0, 0.05) is 5.56 Å². The Morgan fingerprint density at radius 1 is 1.18 bits per heavy atom. The second-order valence-corrected chi connectivity index (χ2v) is 4.47. The summed E-state index contributed by atoms with van der Waals surface area (Å²) in [6, 6.07) is 6.17. The van der Waals surface area contributed by atoms with Crippen molar-refractivity contribution in [3.63, 3.8) is 0 Å². The molecule has 1 aromatic carbocycles. The van der Waals surface area contributed by atoms with Crippen molar-refractivity contribution >= 4 is 12.1 Å². The molecule has 9 heteroatoms. The van der Waals surface area contributed by atoms with Crippen LogP contribution in [0.3, 0.4) is 0 Å². The molecule has 1 rings (SSSR count). The molecule has 0 bridgehead atoms. The molecular formula is C13H18N2O7. The van der Waals surface area contributed by atoms with Gasteiger partial charge in [0.05, 0.1) is 12.8 Å². The number of aliphatic hydroxyl groups excluding tert-OH is 5. The van der Waals surface area contributed by atoms with Gasteiger partial charge in [0.25, 0.3) is 5.91 Å². The van der Waals surface area contributed by atoms with Crippen molar-refractivity contribution in [2.45, 2.75) is 24.4 Å². The Labute approximate surface area is 125 Å². The van der Waals surface area contributed by atoms with E-state index >= 15 is 0 Å². The Kier molecular flexibility index (Phi) is 6.89. The van der Waals surface area contributed by atoms with Crippen molar-refractivity contribution in [2.75, 3.05) is 6.61 Å². The fraction of sp³-hybridized carbons (Fsp3) is 0.385. The highest BCUT2D eigenvalue weighted by molar-refractivity contribution is 5.86. The lowest BCUT2D eigenvalue weighted by molar-refractivity contribution is -0.148. The number of hydrogen-bond donors (Lipinski definition) is 7. The number of aliphatic hydroxyl groups is 5. The molecule has 0 radical (unpaired) electrons. The van der Waals surface area contributed by atoms with E-state index in [4.69, 9.17) is 10.2 Å². The van der Waals surface area contributed by atoms with E-state index in [1.54, 1.807) is 12.1 Å². The first-order valence-electron chi connectivity index (χ1n) is 6.32. The molecule has 0 spiro atoms. The second kappa shape index (κ2) is 8.41. The van der Waals surface area contributed by atoms with E-state index in [-0.39, 0.29) is 5.75 Å². The smallest absolute Gasteiger partial charge is 0.271 e. The molecule has 4 atom stereocenters. The Morgan fingerprint density at radius 3 is 2.41 bits per heavy atom. The number of phenolic OH excluding ortho intramolecular Hbond substituents is 1. The summed E-state index contributed by atoms with van der Waals surface area (Å²) in [7, 11) is 0. The molecule has 0 saturated carbocycles. The average molecular weight is 314 g/mol. The Balaban J connectivity index is 2.59. The summed E-state index contributed by atoms with van der Waals surface area (Å²) in [6.07, 6.45) is -6.58. The van der Waals surface area contributed by atoms with Crippen LogP contribution < -0.4 is 5.43 Å². The number of aromatic hydroxyl groups is 1. The summed E-state index contributed by atoms with van der Waals surface area (Å²) >= 11 is 0. The van der Waals surface area contributed by atoms with E-state index in [0.29, 0.717) is 5.56 Å². The number of para-hydroxylation sites is 1. The van der Waals surface area contributed by atoms with Crippen LogP contribution in [-0.2, 0) is 4.79 Å². The Morgan fingerprint density at radius 2 is 1.82 bits per heavy atom. The maximum absolute atomic E-state index is 11.5. The first-order chi connectivity index (χ1) is 10.4. The lowest BCUT2D eigenvalue weighted by Crippen LogP contribution is -2.50. The summed E-state index contributed by atoms with van der Waals surface area (Å²) in [5, 5.41) is 59.1. The van der Waals surface area contributed by atoms with Crippen molar-refractivity contribution in [1.29, 1.82) is 0 Å². The van der Waals surface area contributed by atoms with Crippen LogP contribution in [0.1, 0.15) is 5.56 Å². The predicted molar refractivity (Wildman–Crippen MR) is 75.0 cm³/mol. The van der Waals surface area contributed by atoms with Crippen LogP contribution in [0.5, 0.6) is 5.75 Å². The fourth-order valence-corrected chi connectivity index (χ4v) is 1.51. The summed E-state index contributed by atoms with van der Waals surface area (Å²) < 4.78 is 0. The molecule has 0 aliphatic carbocycles. The average Bonchev–Trinajstić information content (AvgIpc) is 2.53. The molecule has 1 aromatic rings. The summed E-state index contributed by atoms with van der Waals surface area (Å²) in [5.41, 5.74) is 2.22. The van der Waals surface area contributed by atoms with E-state index in [2.05, 4.69) is 5.10 Å². The SMILES string of the molecule is O=C(NN=Cc1ccccc1O)[C@H](O)[C@@H](O)[C@H](O)[C@H](O)CO. The van der Waals surface area contributed by atoms with Crippen LogP contribution >= 0.6 is 0 Å². The van der Waals surface area contributed by atoms with E-state index in [1.165, 1.54) is 12.1 Å². The molecule has 0 aliphatic heterocycles. The molecule has 0 saturated heterocycles. The van der Waals surface area contributed by atoms with Gasteiger partial charge >= 0.3 is 0 Å². The van der Waals surface area contributed by atoms with Crippen molar-refractivity contribution in [3.8, 4) is 5.75 Å². The topological polar surface area (TPSA) is 163 Å². The quantitative estimate of drug-likeness (QED) is 0.212. The van der Waals surface area contributed by atoms with Crippen LogP contribution in [0.2, 0.25) is 0 Å². The number of rotatable bonds is 7. The Bertz CT molecular complexity index is 523. The highest BCUT2D eigenvalue weighted by Gasteiger charge is 2.34. The number of benzene rings is 1. The number of phenols is 1. The zero-order valence-electron chi connectivity index (χ0n) is 11.4. The van der Waals surface area contributed by atoms with Gasteiger partial charge in [-0.25, -0.2) is 5.43 Å². The van der Waals surface area contributed by atoms with Crippen LogP contribution in [0.15, 0.2) is 29.4 Å². The minimum Gasteiger partial charge on any atom is -0.507 e. The summed E-state index contributed by atoms with van der Waals surface area (Å²) in [5.74, 6) is -1.20. The highest BCUT2D eigenvalue weighted by Crippen LogP contribution is 2.12. The predicted octanol–water partition coefficient (Wildman–Crippen LogP) is -2.72. The highest BCUT2D eigenvalue weighted by atomic mass is 16.4. The van der Waals surface area contributed by atoms with Gasteiger partial charge in [0.15, 0.2) is 6.10 Å². The Hall–Kier alpha value is -2.04. The molecule has 22 heavy (non-hydrogen) atoms. The van der Waals surface area contributed by atoms with E-state index in [9.17, 15) is 25.2 Å². The third-order valence-corrected chi connectivity index (χ3v) is 2.84. The van der Waals surface area contributed by atoms with E-state index < -0.39 is 36.9 Å². The molecule has 0 unspecified atom stereocenters. The van der Waals surface area contributed by atoms with Crippen LogP contribution in [0.25, 0.3) is 0 Å². The van der Waals surface area contributed by atoms with Crippen molar-refractivity contribution in [3.05, 3.63) is 29.8 Å². The number of carbonyl (C=O) groups is 1. The molecule has 9 nitrogen and oxygen atoms in total. The number of nitrogens with one attached hydrogen (secondary N) is 1. The van der Waals surface area contributed by atoms with Crippen molar-refractivity contribution in [2.24, 2.45) is 5.10 Å². The maximum atomic E-state index is 11.5. The molecule has 0 heterocycles. The standard InChI is InChI=1S/C13H18N2O7/c16-6-9(18)10(19)11(20)12(21)13(22)15-14-5-7-3-1-2-4-8(7)17/h1-5,9-12,16-21H,6H2,(H,15,22)/t9-,10-,11+,12-/m1/s1. The normalized spacial score (nSPS) is 17.0. The van der Waals surface area contributed by atoms with E-state index in [0.717, 1.165) is 6.21 Å². The van der Waals surface area contributed by atoms with Crippen molar-refractivity contribution in [1.82, 2.24) is 5.43 Å². The van der Waals surface area contributed by atoms with Gasteiger partial charge in [-0.1, -0.05) is 12.1 Å². The molecular weight excluding hydrogens is 296 g/mol.